The summed E-state index contributed by atoms with van der Waals surface area (Å²) in [6.45, 7) is 2.93. The van der Waals surface area contributed by atoms with E-state index in [0.29, 0.717) is 24.7 Å². The van der Waals surface area contributed by atoms with Gasteiger partial charge in [0, 0.05) is 19.7 Å². The van der Waals surface area contributed by atoms with Gasteiger partial charge in [-0.15, -0.1) is 0 Å². The molecule has 2 N–H and O–H groups in total. The molecule has 1 unspecified atom stereocenters. The van der Waals surface area contributed by atoms with Crippen LogP contribution in [0.15, 0.2) is 0 Å². The van der Waals surface area contributed by atoms with Gasteiger partial charge in [0.15, 0.2) is 9.84 Å². The summed E-state index contributed by atoms with van der Waals surface area (Å²) in [4.78, 5) is 2.20. The van der Waals surface area contributed by atoms with E-state index in [1.807, 2.05) is 0 Å². The Labute approximate surface area is 97.9 Å². The Bertz CT molecular complexity index is 284. The third-order valence-corrected chi connectivity index (χ3v) is 4.71. The minimum absolute atomic E-state index is 0.159. The molecule has 1 fully saturated rings. The summed E-state index contributed by atoms with van der Waals surface area (Å²) < 4.78 is 27.9. The molecular formula is C10H22N2O3S. The number of methoxy groups -OCH3 is 1. The number of hydrogen-bond acceptors (Lipinski definition) is 5. The van der Waals surface area contributed by atoms with Crippen molar-refractivity contribution in [1.82, 2.24) is 4.90 Å². The van der Waals surface area contributed by atoms with Crippen molar-refractivity contribution in [3.63, 3.8) is 0 Å². The van der Waals surface area contributed by atoms with Crippen molar-refractivity contribution in [2.75, 3.05) is 44.9 Å². The molecule has 0 radical (unpaired) electrons. The highest BCUT2D eigenvalue weighted by Crippen LogP contribution is 2.17. The molecule has 0 saturated carbocycles. The summed E-state index contributed by atoms with van der Waals surface area (Å²) in [6.07, 6.45) is 1.65. The lowest BCUT2D eigenvalue weighted by Crippen LogP contribution is -2.39. The molecule has 0 spiro atoms. The van der Waals surface area contributed by atoms with Crippen molar-refractivity contribution in [2.45, 2.75) is 18.9 Å². The minimum Gasteiger partial charge on any atom is -0.383 e. The van der Waals surface area contributed by atoms with E-state index in [1.54, 1.807) is 7.11 Å². The van der Waals surface area contributed by atoms with Gasteiger partial charge in [0.2, 0.25) is 0 Å². The molecule has 1 rings (SSSR count). The molecule has 1 aliphatic rings. The zero-order valence-electron chi connectivity index (χ0n) is 9.89. The Morgan fingerprint density at radius 3 is 2.69 bits per heavy atom. The number of sulfone groups is 1. The SMILES string of the molecule is COCCN(CCCN)C1CCS(=O)(=O)C1. The first kappa shape index (κ1) is 13.9. The largest absolute Gasteiger partial charge is 0.383 e. The summed E-state index contributed by atoms with van der Waals surface area (Å²) in [5.74, 6) is 0.616. The highest BCUT2D eigenvalue weighted by Gasteiger charge is 2.31. The maximum Gasteiger partial charge on any atom is 0.151 e. The summed E-state index contributed by atoms with van der Waals surface area (Å²) in [5.41, 5.74) is 5.48. The van der Waals surface area contributed by atoms with Gasteiger partial charge in [-0.3, -0.25) is 4.90 Å². The van der Waals surface area contributed by atoms with Crippen molar-refractivity contribution in [2.24, 2.45) is 5.73 Å². The number of hydrogen-bond donors (Lipinski definition) is 1. The van der Waals surface area contributed by atoms with Gasteiger partial charge >= 0.3 is 0 Å². The Morgan fingerprint density at radius 1 is 1.44 bits per heavy atom. The van der Waals surface area contributed by atoms with Gasteiger partial charge in [-0.2, -0.15) is 0 Å². The van der Waals surface area contributed by atoms with Crippen LogP contribution in [0, 0.1) is 0 Å². The number of nitrogens with two attached hydrogens (primary N) is 1. The van der Waals surface area contributed by atoms with Crippen molar-refractivity contribution in [1.29, 1.82) is 0 Å². The lowest BCUT2D eigenvalue weighted by molar-refractivity contribution is 0.126. The highest BCUT2D eigenvalue weighted by molar-refractivity contribution is 7.91. The first-order valence-corrected chi connectivity index (χ1v) is 7.54. The number of rotatable bonds is 7. The van der Waals surface area contributed by atoms with Crippen molar-refractivity contribution >= 4 is 9.84 Å². The molecule has 0 aromatic heterocycles. The summed E-state index contributed by atoms with van der Waals surface area (Å²) in [6, 6.07) is 0.159. The van der Waals surface area contributed by atoms with E-state index in [2.05, 4.69) is 4.90 Å². The molecule has 1 heterocycles. The fraction of sp³-hybridized carbons (Fsp3) is 1.00. The van der Waals surface area contributed by atoms with Crippen LogP contribution in [0.1, 0.15) is 12.8 Å². The van der Waals surface area contributed by atoms with E-state index >= 15 is 0 Å². The van der Waals surface area contributed by atoms with Gasteiger partial charge in [-0.25, -0.2) is 8.42 Å². The molecule has 0 aromatic rings. The van der Waals surface area contributed by atoms with Gasteiger partial charge < -0.3 is 10.5 Å². The molecule has 0 bridgehead atoms. The second kappa shape index (κ2) is 6.54. The highest BCUT2D eigenvalue weighted by atomic mass is 32.2. The van der Waals surface area contributed by atoms with Gasteiger partial charge in [-0.1, -0.05) is 0 Å². The van der Waals surface area contributed by atoms with Crippen LogP contribution in [0.5, 0.6) is 0 Å². The first-order chi connectivity index (χ1) is 7.59. The van der Waals surface area contributed by atoms with E-state index in [4.69, 9.17) is 10.5 Å². The molecule has 5 nitrogen and oxygen atoms in total. The van der Waals surface area contributed by atoms with Crippen molar-refractivity contribution < 1.29 is 13.2 Å². The summed E-state index contributed by atoms with van der Waals surface area (Å²) >= 11 is 0. The Morgan fingerprint density at radius 2 is 2.19 bits per heavy atom. The fourth-order valence-electron chi connectivity index (χ4n) is 2.04. The molecule has 16 heavy (non-hydrogen) atoms. The van der Waals surface area contributed by atoms with E-state index in [1.165, 1.54) is 0 Å². The molecule has 0 aromatic carbocycles. The van der Waals surface area contributed by atoms with E-state index in [0.717, 1.165) is 25.9 Å². The van der Waals surface area contributed by atoms with Crippen LogP contribution < -0.4 is 5.73 Å². The maximum absolute atomic E-state index is 11.4. The van der Waals surface area contributed by atoms with Crippen molar-refractivity contribution in [3.8, 4) is 0 Å². The lowest BCUT2D eigenvalue weighted by atomic mass is 10.2. The zero-order chi connectivity index (χ0) is 12.0. The summed E-state index contributed by atoms with van der Waals surface area (Å²) in [7, 11) is -1.15. The third-order valence-electron chi connectivity index (χ3n) is 2.96. The monoisotopic (exact) mass is 250 g/mol. The standard InChI is InChI=1S/C10H22N2O3S/c1-15-7-6-12(5-2-4-11)10-3-8-16(13,14)9-10/h10H,2-9,11H2,1H3. The molecule has 1 saturated heterocycles. The predicted molar refractivity (Wildman–Crippen MR) is 64.2 cm³/mol. The van der Waals surface area contributed by atoms with Crippen LogP contribution in [0.2, 0.25) is 0 Å². The molecule has 0 amide bonds. The van der Waals surface area contributed by atoms with E-state index < -0.39 is 9.84 Å². The molecule has 1 aliphatic heterocycles. The summed E-state index contributed by atoms with van der Waals surface area (Å²) in [5, 5.41) is 0. The average molecular weight is 250 g/mol. The van der Waals surface area contributed by atoms with Crippen LogP contribution >= 0.6 is 0 Å². The topological polar surface area (TPSA) is 72.6 Å². The quantitative estimate of drug-likeness (QED) is 0.657. The van der Waals surface area contributed by atoms with Gasteiger partial charge in [0.1, 0.15) is 0 Å². The van der Waals surface area contributed by atoms with Crippen molar-refractivity contribution in [3.05, 3.63) is 0 Å². The second-order valence-corrected chi connectivity index (χ2v) is 6.46. The molecule has 96 valence electrons. The Hall–Kier alpha value is -0.170. The van der Waals surface area contributed by atoms with Crippen LogP contribution in [0.3, 0.4) is 0 Å². The van der Waals surface area contributed by atoms with Gasteiger partial charge in [-0.05, 0) is 25.9 Å². The normalized spacial score (nSPS) is 24.1. The molecular weight excluding hydrogens is 228 g/mol. The van der Waals surface area contributed by atoms with Crippen LogP contribution in [0.25, 0.3) is 0 Å². The number of ether oxygens (including phenoxy) is 1. The first-order valence-electron chi connectivity index (χ1n) is 5.72. The Kier molecular flexibility index (Phi) is 5.68. The van der Waals surface area contributed by atoms with Crippen LogP contribution in [-0.4, -0.2) is 64.2 Å². The van der Waals surface area contributed by atoms with E-state index in [9.17, 15) is 8.42 Å². The molecule has 1 atom stereocenters. The molecule has 6 heteroatoms. The molecule has 0 aliphatic carbocycles. The minimum atomic E-state index is -2.80. The Balaban J connectivity index is 2.48. The predicted octanol–water partition coefficient (Wildman–Crippen LogP) is -0.529. The smallest absolute Gasteiger partial charge is 0.151 e. The number of nitrogens with zero attached hydrogens (tertiary/aromatic N) is 1. The van der Waals surface area contributed by atoms with E-state index in [-0.39, 0.29) is 6.04 Å². The third kappa shape index (κ3) is 4.37. The average Bonchev–Trinajstić information content (AvgIpc) is 2.59. The van der Waals surface area contributed by atoms with Gasteiger partial charge in [0.25, 0.3) is 0 Å². The second-order valence-electron chi connectivity index (χ2n) is 4.23. The fourth-order valence-corrected chi connectivity index (χ4v) is 3.80. The van der Waals surface area contributed by atoms with Gasteiger partial charge in [0.05, 0.1) is 18.1 Å². The lowest BCUT2D eigenvalue weighted by Gasteiger charge is -2.27. The van der Waals surface area contributed by atoms with Crippen LogP contribution in [-0.2, 0) is 14.6 Å². The zero-order valence-corrected chi connectivity index (χ0v) is 10.7. The maximum atomic E-state index is 11.4. The van der Waals surface area contributed by atoms with Crippen LogP contribution in [0.4, 0.5) is 0 Å².